The van der Waals surface area contributed by atoms with Crippen molar-refractivity contribution in [2.45, 2.75) is 51.2 Å². The van der Waals surface area contributed by atoms with Gasteiger partial charge in [0.2, 0.25) is 18.2 Å². The molecule has 1 aromatic rings. The van der Waals surface area contributed by atoms with E-state index in [9.17, 15) is 19.2 Å². The minimum atomic E-state index is -0.576. The summed E-state index contributed by atoms with van der Waals surface area (Å²) >= 11 is 0. The first-order valence-corrected chi connectivity index (χ1v) is 12.4. The van der Waals surface area contributed by atoms with E-state index in [-0.39, 0.29) is 30.2 Å². The zero-order valence-corrected chi connectivity index (χ0v) is 19.7. The van der Waals surface area contributed by atoms with Crippen molar-refractivity contribution in [3.05, 3.63) is 29.3 Å². The van der Waals surface area contributed by atoms with Gasteiger partial charge in [-0.25, -0.2) is 0 Å². The number of amides is 4. The first-order valence-electron chi connectivity index (χ1n) is 12.4. The zero-order valence-electron chi connectivity index (χ0n) is 19.7. The summed E-state index contributed by atoms with van der Waals surface area (Å²) in [7, 11) is 0. The molecule has 3 fully saturated rings. The number of fused-ring (bicyclic) bond motifs is 1. The molecule has 0 radical (unpaired) electrons. The molecule has 1 aromatic carbocycles. The predicted octanol–water partition coefficient (Wildman–Crippen LogP) is 0.827. The molecule has 4 aliphatic heterocycles. The third-order valence-electron chi connectivity index (χ3n) is 7.91. The molecule has 0 aliphatic carbocycles. The predicted molar refractivity (Wildman–Crippen MR) is 126 cm³/mol. The van der Waals surface area contributed by atoms with Gasteiger partial charge in [-0.05, 0) is 49.8 Å². The Kier molecular flexibility index (Phi) is 6.29. The smallest absolute Gasteiger partial charge is 0.255 e. The Hall–Kier alpha value is -2.94. The van der Waals surface area contributed by atoms with Gasteiger partial charge < -0.3 is 14.7 Å². The molecule has 9 heteroatoms. The molecule has 1 N–H and O–H groups in total. The first-order chi connectivity index (χ1) is 16.4. The van der Waals surface area contributed by atoms with E-state index < -0.39 is 6.04 Å². The van der Waals surface area contributed by atoms with E-state index >= 15 is 0 Å². The molecule has 4 amide bonds. The number of piperidine rings is 2. The van der Waals surface area contributed by atoms with Gasteiger partial charge in [-0.1, -0.05) is 6.07 Å². The van der Waals surface area contributed by atoms with E-state index in [4.69, 9.17) is 0 Å². The van der Waals surface area contributed by atoms with Crippen LogP contribution in [0.15, 0.2) is 18.2 Å². The van der Waals surface area contributed by atoms with Crippen LogP contribution in [0, 0.1) is 5.92 Å². The number of carbonyl (C=O) groups excluding carboxylic acids is 4. The Morgan fingerprint density at radius 1 is 1.06 bits per heavy atom. The molecule has 2 atom stereocenters. The van der Waals surface area contributed by atoms with E-state index in [0.717, 1.165) is 69.8 Å². The molecule has 4 aliphatic rings. The van der Waals surface area contributed by atoms with Gasteiger partial charge in [0.1, 0.15) is 6.04 Å². The molecular weight excluding hydrogens is 434 g/mol. The standard InChI is InChI=1S/C25H33N5O4/c1-17-13-27(10-11-29(17)16-31)14-18-6-8-28(9-7-18)20-3-2-19-15-30(25(34)21(19)12-20)22-4-5-23(32)26-24(22)33/h2-3,12,16-18,22H,4-11,13-15H2,1H3,(H,26,32,33). The van der Waals surface area contributed by atoms with Crippen LogP contribution in [0.5, 0.6) is 0 Å². The topological polar surface area (TPSA) is 93.3 Å². The molecule has 3 saturated heterocycles. The third-order valence-corrected chi connectivity index (χ3v) is 7.91. The number of hydrogen-bond donors (Lipinski definition) is 1. The molecule has 9 nitrogen and oxygen atoms in total. The van der Waals surface area contributed by atoms with E-state index in [2.05, 4.69) is 28.1 Å². The fraction of sp³-hybridized carbons (Fsp3) is 0.600. The highest BCUT2D eigenvalue weighted by atomic mass is 16.2. The summed E-state index contributed by atoms with van der Waals surface area (Å²) in [6, 6.07) is 5.77. The fourth-order valence-electron chi connectivity index (χ4n) is 5.85. The summed E-state index contributed by atoms with van der Waals surface area (Å²) in [5.74, 6) is -0.120. The SMILES string of the molecule is CC1CN(CC2CCN(c3ccc4c(c3)C(=O)N(C3CCC(=O)NC3=O)C4)CC2)CCN1C=O. The van der Waals surface area contributed by atoms with Crippen molar-refractivity contribution < 1.29 is 19.2 Å². The lowest BCUT2D eigenvalue weighted by Crippen LogP contribution is -2.52. The van der Waals surface area contributed by atoms with Crippen LogP contribution in [0.25, 0.3) is 0 Å². The summed E-state index contributed by atoms with van der Waals surface area (Å²) in [5.41, 5.74) is 2.67. The lowest BCUT2D eigenvalue weighted by atomic mass is 9.95. The number of hydrogen-bond acceptors (Lipinski definition) is 6. The second kappa shape index (κ2) is 9.37. The highest BCUT2D eigenvalue weighted by molar-refractivity contribution is 6.05. The van der Waals surface area contributed by atoms with Crippen molar-refractivity contribution in [3.8, 4) is 0 Å². The normalized spacial score (nSPS) is 26.6. The van der Waals surface area contributed by atoms with Crippen LogP contribution in [0.3, 0.4) is 0 Å². The quantitative estimate of drug-likeness (QED) is 0.509. The molecule has 0 bridgehead atoms. The number of carbonyl (C=O) groups is 4. The monoisotopic (exact) mass is 467 g/mol. The van der Waals surface area contributed by atoms with Crippen LogP contribution in [-0.4, -0.2) is 90.2 Å². The van der Waals surface area contributed by atoms with Crippen LogP contribution in [0.4, 0.5) is 5.69 Å². The van der Waals surface area contributed by atoms with Gasteiger partial charge in [0.15, 0.2) is 0 Å². The van der Waals surface area contributed by atoms with Gasteiger partial charge in [-0.3, -0.25) is 29.4 Å². The average molecular weight is 468 g/mol. The maximum atomic E-state index is 13.1. The molecule has 0 spiro atoms. The van der Waals surface area contributed by atoms with Crippen LogP contribution in [0.2, 0.25) is 0 Å². The van der Waals surface area contributed by atoms with Crippen molar-refractivity contribution in [2.24, 2.45) is 5.92 Å². The minimum Gasteiger partial charge on any atom is -0.371 e. The summed E-state index contributed by atoms with van der Waals surface area (Å²) < 4.78 is 0. The number of nitrogens with zero attached hydrogens (tertiary/aromatic N) is 4. The van der Waals surface area contributed by atoms with Crippen molar-refractivity contribution in [3.63, 3.8) is 0 Å². The van der Waals surface area contributed by atoms with Crippen molar-refractivity contribution in [1.82, 2.24) is 20.0 Å². The molecular formula is C25H33N5O4. The lowest BCUT2D eigenvalue weighted by molar-refractivity contribution is -0.137. The Labute approximate surface area is 200 Å². The van der Waals surface area contributed by atoms with E-state index in [1.807, 2.05) is 17.0 Å². The second-order valence-electron chi connectivity index (χ2n) is 10.1. The Morgan fingerprint density at radius 2 is 1.85 bits per heavy atom. The highest BCUT2D eigenvalue weighted by Crippen LogP contribution is 2.32. The van der Waals surface area contributed by atoms with Crippen molar-refractivity contribution >= 4 is 29.8 Å². The highest BCUT2D eigenvalue weighted by Gasteiger charge is 2.39. The van der Waals surface area contributed by atoms with E-state index in [0.29, 0.717) is 24.4 Å². The lowest BCUT2D eigenvalue weighted by Gasteiger charge is -2.41. The summed E-state index contributed by atoms with van der Waals surface area (Å²) in [6.45, 7) is 8.21. The number of nitrogens with one attached hydrogen (secondary N) is 1. The largest absolute Gasteiger partial charge is 0.371 e. The van der Waals surface area contributed by atoms with Gasteiger partial charge >= 0.3 is 0 Å². The Bertz CT molecular complexity index is 990. The minimum absolute atomic E-state index is 0.121. The molecule has 2 unspecified atom stereocenters. The van der Waals surface area contributed by atoms with Gasteiger partial charge in [-0.2, -0.15) is 0 Å². The second-order valence-corrected chi connectivity index (χ2v) is 10.1. The maximum absolute atomic E-state index is 13.1. The number of anilines is 1. The fourth-order valence-corrected chi connectivity index (χ4v) is 5.85. The third kappa shape index (κ3) is 4.41. The summed E-state index contributed by atoms with van der Waals surface area (Å²) in [4.78, 5) is 56.3. The van der Waals surface area contributed by atoms with Crippen LogP contribution < -0.4 is 10.2 Å². The van der Waals surface area contributed by atoms with Gasteiger partial charge in [-0.15, -0.1) is 0 Å². The van der Waals surface area contributed by atoms with Crippen molar-refractivity contribution in [1.29, 1.82) is 0 Å². The molecule has 0 saturated carbocycles. The number of rotatable bonds is 5. The molecule has 5 rings (SSSR count). The van der Waals surface area contributed by atoms with Crippen LogP contribution in [0.1, 0.15) is 48.5 Å². The molecule has 0 aromatic heterocycles. The Balaban J connectivity index is 1.17. The Morgan fingerprint density at radius 3 is 2.56 bits per heavy atom. The van der Waals surface area contributed by atoms with Crippen LogP contribution >= 0.6 is 0 Å². The summed E-state index contributed by atoms with van der Waals surface area (Å²) in [6.07, 6.45) is 3.83. The van der Waals surface area contributed by atoms with Crippen LogP contribution in [-0.2, 0) is 20.9 Å². The first kappa shape index (κ1) is 22.8. The number of benzene rings is 1. The average Bonchev–Trinajstić information content (AvgIpc) is 3.15. The number of piperazine rings is 1. The molecule has 182 valence electrons. The summed E-state index contributed by atoms with van der Waals surface area (Å²) in [5, 5.41) is 2.36. The van der Waals surface area contributed by atoms with Gasteiger partial charge in [0.25, 0.3) is 5.91 Å². The van der Waals surface area contributed by atoms with E-state index in [1.54, 1.807) is 4.90 Å². The van der Waals surface area contributed by atoms with Gasteiger partial charge in [0, 0.05) is 69.5 Å². The van der Waals surface area contributed by atoms with E-state index in [1.165, 1.54) is 0 Å². The van der Waals surface area contributed by atoms with Gasteiger partial charge in [0.05, 0.1) is 0 Å². The maximum Gasteiger partial charge on any atom is 0.255 e. The molecule has 34 heavy (non-hydrogen) atoms. The number of imide groups is 1. The zero-order chi connectivity index (χ0) is 23.8. The van der Waals surface area contributed by atoms with Crippen molar-refractivity contribution in [2.75, 3.05) is 44.2 Å². The molecule has 4 heterocycles.